The molecular weight excluding hydrogens is 264 g/mol. The fraction of sp³-hybridized carbons (Fsp3) is 0.0769. The van der Waals surface area contributed by atoms with Crippen LogP contribution in [0.1, 0.15) is 5.56 Å². The number of aliphatic carboxylic acids is 1. The second-order valence-corrected chi connectivity index (χ2v) is 3.90. The molecule has 1 N–H and O–H groups in total. The molecule has 1 heterocycles. The molecule has 1 aromatic carbocycles. The highest BCUT2D eigenvalue weighted by atomic mass is 16.6. The molecule has 2 rings (SSSR count). The lowest BCUT2D eigenvalue weighted by Crippen LogP contribution is -2.00. The molecule has 0 amide bonds. The summed E-state index contributed by atoms with van der Waals surface area (Å²) < 4.78 is 5.33. The maximum Gasteiger partial charge on any atom is 0.331 e. The van der Waals surface area contributed by atoms with E-state index in [4.69, 9.17) is 9.84 Å². The summed E-state index contributed by atoms with van der Waals surface area (Å²) in [6, 6.07) is 8.98. The van der Waals surface area contributed by atoms with Crippen LogP contribution < -0.4 is 4.74 Å². The van der Waals surface area contributed by atoms with Gasteiger partial charge in [0.15, 0.2) is 0 Å². The third-order valence-electron chi connectivity index (χ3n) is 2.44. The van der Waals surface area contributed by atoms with Gasteiger partial charge in [-0.25, -0.2) is 4.98 Å². The van der Waals surface area contributed by atoms with E-state index < -0.39 is 10.9 Å². The van der Waals surface area contributed by atoms with Gasteiger partial charge in [0, 0.05) is 12.3 Å². The number of nitrogens with zero attached hydrogens (tertiary/aromatic N) is 2. The maximum atomic E-state index is 10.8. The summed E-state index contributed by atoms with van der Waals surface area (Å²) in [5.74, 6) is -0.691. The topological polar surface area (TPSA) is 103 Å². The molecule has 0 aliphatic carbocycles. The van der Waals surface area contributed by atoms with Gasteiger partial charge >= 0.3 is 11.7 Å². The molecule has 0 saturated heterocycles. The summed E-state index contributed by atoms with van der Waals surface area (Å²) in [4.78, 5) is 24.6. The van der Waals surface area contributed by atoms with E-state index >= 15 is 0 Å². The number of benzene rings is 1. The van der Waals surface area contributed by atoms with Crippen LogP contribution in [0.15, 0.2) is 42.6 Å². The number of hydrogen-bond donors (Lipinski definition) is 1. The Balaban J connectivity index is 2.18. The number of ether oxygens (including phenoxy) is 1. The Labute approximate surface area is 113 Å². The van der Waals surface area contributed by atoms with Crippen molar-refractivity contribution in [2.75, 3.05) is 0 Å². The first-order valence-corrected chi connectivity index (χ1v) is 5.64. The zero-order chi connectivity index (χ0) is 14.5. The Morgan fingerprint density at radius 1 is 1.30 bits per heavy atom. The fourth-order valence-corrected chi connectivity index (χ4v) is 1.56. The van der Waals surface area contributed by atoms with Crippen molar-refractivity contribution in [3.63, 3.8) is 0 Å². The van der Waals surface area contributed by atoms with Crippen LogP contribution in [0.3, 0.4) is 0 Å². The molecule has 0 unspecified atom stereocenters. The zero-order valence-electron chi connectivity index (χ0n) is 10.2. The predicted octanol–water partition coefficient (Wildman–Crippen LogP) is 2.41. The molecule has 0 aliphatic rings. The lowest BCUT2D eigenvalue weighted by Gasteiger charge is -2.05. The number of aromatic nitrogens is 1. The SMILES string of the molecule is O=C(O)Cc1ccc(Oc2ncccc2[N+](=O)[O-])cc1. The van der Waals surface area contributed by atoms with E-state index in [1.165, 1.54) is 30.5 Å². The van der Waals surface area contributed by atoms with Gasteiger partial charge < -0.3 is 9.84 Å². The summed E-state index contributed by atoms with van der Waals surface area (Å²) in [5, 5.41) is 19.5. The van der Waals surface area contributed by atoms with E-state index in [9.17, 15) is 14.9 Å². The van der Waals surface area contributed by atoms with Gasteiger partial charge in [-0.3, -0.25) is 14.9 Å². The molecular formula is C13H10N2O5. The maximum absolute atomic E-state index is 10.8. The second kappa shape index (κ2) is 5.79. The lowest BCUT2D eigenvalue weighted by molar-refractivity contribution is -0.386. The zero-order valence-corrected chi connectivity index (χ0v) is 10.2. The second-order valence-electron chi connectivity index (χ2n) is 3.90. The molecule has 20 heavy (non-hydrogen) atoms. The first kappa shape index (κ1) is 13.5. The minimum Gasteiger partial charge on any atom is -0.481 e. The number of nitro groups is 1. The van der Waals surface area contributed by atoms with Crippen molar-refractivity contribution >= 4 is 11.7 Å². The van der Waals surface area contributed by atoms with Gasteiger partial charge in [-0.05, 0) is 23.8 Å². The Morgan fingerprint density at radius 2 is 2.00 bits per heavy atom. The van der Waals surface area contributed by atoms with Gasteiger partial charge in [0.1, 0.15) is 5.75 Å². The van der Waals surface area contributed by atoms with E-state index in [0.717, 1.165) is 0 Å². The first-order chi connectivity index (χ1) is 9.56. The molecule has 7 nitrogen and oxygen atoms in total. The van der Waals surface area contributed by atoms with Crippen LogP contribution in [0.2, 0.25) is 0 Å². The average molecular weight is 274 g/mol. The van der Waals surface area contributed by atoms with Gasteiger partial charge in [0.05, 0.1) is 11.3 Å². The van der Waals surface area contributed by atoms with Gasteiger partial charge in [-0.2, -0.15) is 0 Å². The smallest absolute Gasteiger partial charge is 0.331 e. The van der Waals surface area contributed by atoms with Crippen LogP contribution in [-0.4, -0.2) is 21.0 Å². The van der Waals surface area contributed by atoms with Crippen molar-refractivity contribution in [3.05, 3.63) is 58.3 Å². The summed E-state index contributed by atoms with van der Waals surface area (Å²) in [6.07, 6.45) is 1.30. The Kier molecular flexibility index (Phi) is 3.90. The number of carbonyl (C=O) groups is 1. The molecule has 7 heteroatoms. The number of pyridine rings is 1. The van der Waals surface area contributed by atoms with Crippen molar-refractivity contribution in [1.82, 2.24) is 4.98 Å². The van der Waals surface area contributed by atoms with Crippen LogP contribution in [0.25, 0.3) is 0 Å². The monoisotopic (exact) mass is 274 g/mol. The van der Waals surface area contributed by atoms with Crippen molar-refractivity contribution < 1.29 is 19.6 Å². The van der Waals surface area contributed by atoms with Crippen LogP contribution in [-0.2, 0) is 11.2 Å². The highest BCUT2D eigenvalue weighted by Crippen LogP contribution is 2.28. The Hall–Kier alpha value is -2.96. The minimum absolute atomic E-state index is 0.0932. The van der Waals surface area contributed by atoms with Gasteiger partial charge in [0.2, 0.25) is 0 Å². The van der Waals surface area contributed by atoms with Crippen LogP contribution in [0.4, 0.5) is 5.69 Å². The summed E-state index contributed by atoms with van der Waals surface area (Å²) in [6.45, 7) is 0. The highest BCUT2D eigenvalue weighted by Gasteiger charge is 2.16. The molecule has 0 radical (unpaired) electrons. The normalized spacial score (nSPS) is 10.0. The summed E-state index contributed by atoms with van der Waals surface area (Å²) >= 11 is 0. The van der Waals surface area contributed by atoms with Crippen molar-refractivity contribution in [2.45, 2.75) is 6.42 Å². The molecule has 102 valence electrons. The third kappa shape index (κ3) is 3.29. The standard InChI is InChI=1S/C13H10N2O5/c16-12(17)8-9-3-5-10(6-4-9)20-13-11(15(18)19)2-1-7-14-13/h1-7H,8H2,(H,16,17). The van der Waals surface area contributed by atoms with Crippen molar-refractivity contribution in [1.29, 1.82) is 0 Å². The first-order valence-electron chi connectivity index (χ1n) is 5.64. The van der Waals surface area contributed by atoms with Crippen molar-refractivity contribution in [2.24, 2.45) is 0 Å². The molecule has 0 saturated carbocycles. The highest BCUT2D eigenvalue weighted by molar-refractivity contribution is 5.70. The van der Waals surface area contributed by atoms with Gasteiger partial charge in [-0.1, -0.05) is 12.1 Å². The molecule has 0 spiro atoms. The molecule has 0 aliphatic heterocycles. The Bertz CT molecular complexity index is 639. The molecule has 0 fully saturated rings. The molecule has 0 atom stereocenters. The Morgan fingerprint density at radius 3 is 2.60 bits per heavy atom. The van der Waals surface area contributed by atoms with E-state index in [1.807, 2.05) is 0 Å². The summed E-state index contributed by atoms with van der Waals surface area (Å²) in [7, 11) is 0. The van der Waals surface area contributed by atoms with Crippen LogP contribution in [0, 0.1) is 10.1 Å². The van der Waals surface area contributed by atoms with Gasteiger partial charge in [-0.15, -0.1) is 0 Å². The predicted molar refractivity (Wildman–Crippen MR) is 68.7 cm³/mol. The van der Waals surface area contributed by atoms with E-state index in [1.54, 1.807) is 12.1 Å². The van der Waals surface area contributed by atoms with E-state index in [-0.39, 0.29) is 18.0 Å². The summed E-state index contributed by atoms with van der Waals surface area (Å²) in [5.41, 5.74) is 0.377. The molecule has 2 aromatic rings. The largest absolute Gasteiger partial charge is 0.481 e. The number of rotatable bonds is 5. The van der Waals surface area contributed by atoms with Crippen LogP contribution >= 0.6 is 0 Å². The number of hydrogen-bond acceptors (Lipinski definition) is 5. The molecule has 0 bridgehead atoms. The van der Waals surface area contributed by atoms with E-state index in [2.05, 4.69) is 4.98 Å². The third-order valence-corrected chi connectivity index (χ3v) is 2.44. The fourth-order valence-electron chi connectivity index (χ4n) is 1.56. The molecule has 1 aromatic heterocycles. The van der Waals surface area contributed by atoms with Gasteiger partial charge in [0.25, 0.3) is 5.88 Å². The number of carboxylic acid groups (broad SMARTS) is 1. The lowest BCUT2D eigenvalue weighted by atomic mass is 10.1. The van der Waals surface area contributed by atoms with Crippen LogP contribution in [0.5, 0.6) is 11.6 Å². The quantitative estimate of drug-likeness (QED) is 0.663. The minimum atomic E-state index is -0.931. The average Bonchev–Trinajstić information content (AvgIpc) is 2.41. The van der Waals surface area contributed by atoms with E-state index in [0.29, 0.717) is 11.3 Å². The van der Waals surface area contributed by atoms with Crippen molar-refractivity contribution in [3.8, 4) is 11.6 Å². The number of carboxylic acids is 1.